The smallest absolute Gasteiger partial charge is 0.335 e. The van der Waals surface area contributed by atoms with Crippen LogP contribution in [0.1, 0.15) is 15.9 Å². The van der Waals surface area contributed by atoms with Crippen molar-refractivity contribution in [2.45, 2.75) is 6.54 Å². The van der Waals surface area contributed by atoms with E-state index >= 15 is 0 Å². The van der Waals surface area contributed by atoms with Crippen molar-refractivity contribution < 1.29 is 19.4 Å². The largest absolute Gasteiger partial charge is 0.493 e. The molecule has 0 saturated carbocycles. The summed E-state index contributed by atoms with van der Waals surface area (Å²) in [6, 6.07) is 10.5. The van der Waals surface area contributed by atoms with Crippen LogP contribution in [0.4, 0.5) is 5.69 Å². The van der Waals surface area contributed by atoms with E-state index in [0.29, 0.717) is 24.7 Å². The predicted octanol–water partition coefficient (Wildman–Crippen LogP) is 4.33. The number of hydrogen-bond donors (Lipinski definition) is 2. The van der Waals surface area contributed by atoms with Crippen LogP contribution in [-0.2, 0) is 6.54 Å². The fourth-order valence-corrected chi connectivity index (χ4v) is 2.73. The van der Waals surface area contributed by atoms with Gasteiger partial charge >= 0.3 is 5.97 Å². The van der Waals surface area contributed by atoms with Crippen LogP contribution in [0.25, 0.3) is 0 Å². The maximum Gasteiger partial charge on any atom is 0.335 e. The van der Waals surface area contributed by atoms with Gasteiger partial charge in [0.2, 0.25) is 0 Å². The Balaban J connectivity index is 2.15. The van der Waals surface area contributed by atoms with E-state index in [9.17, 15) is 4.79 Å². The van der Waals surface area contributed by atoms with Gasteiger partial charge in [-0.2, -0.15) is 0 Å². The fraction of sp³-hybridized carbons (Fsp3) is 0.167. The Morgan fingerprint density at radius 1 is 1.38 bits per heavy atom. The molecule has 2 aromatic carbocycles. The minimum atomic E-state index is -0.952. The second-order valence-corrected chi connectivity index (χ2v) is 5.80. The van der Waals surface area contributed by atoms with E-state index in [1.807, 2.05) is 18.2 Å². The Bertz CT molecular complexity index is 746. The number of carbonyl (C=O) groups is 1. The summed E-state index contributed by atoms with van der Waals surface area (Å²) in [5.74, 6) is 0.281. The normalized spacial score (nSPS) is 10.1. The van der Waals surface area contributed by atoms with Crippen molar-refractivity contribution in [1.82, 2.24) is 0 Å². The lowest BCUT2D eigenvalue weighted by Gasteiger charge is -2.14. The maximum atomic E-state index is 11.0. The van der Waals surface area contributed by atoms with Crippen molar-refractivity contribution in [2.75, 3.05) is 19.0 Å². The fourth-order valence-electron chi connectivity index (χ4n) is 2.12. The van der Waals surface area contributed by atoms with E-state index in [1.54, 1.807) is 31.4 Å². The molecule has 0 atom stereocenters. The second-order valence-electron chi connectivity index (χ2n) is 4.95. The molecule has 0 amide bonds. The molecular formula is C18H18BrNO4. The average Bonchev–Trinajstić information content (AvgIpc) is 2.58. The predicted molar refractivity (Wildman–Crippen MR) is 97.1 cm³/mol. The molecule has 6 heteroatoms. The van der Waals surface area contributed by atoms with Gasteiger partial charge < -0.3 is 19.9 Å². The van der Waals surface area contributed by atoms with E-state index in [1.165, 1.54) is 0 Å². The number of hydrogen-bond acceptors (Lipinski definition) is 4. The van der Waals surface area contributed by atoms with Gasteiger partial charge in [-0.05, 0) is 51.8 Å². The quantitative estimate of drug-likeness (QED) is 0.655. The molecule has 0 radical (unpaired) electrons. The summed E-state index contributed by atoms with van der Waals surface area (Å²) >= 11 is 3.48. The second kappa shape index (κ2) is 8.40. The van der Waals surface area contributed by atoms with E-state index in [4.69, 9.17) is 14.6 Å². The van der Waals surface area contributed by atoms with Gasteiger partial charge in [-0.1, -0.05) is 18.7 Å². The van der Waals surface area contributed by atoms with E-state index < -0.39 is 5.97 Å². The SMILES string of the molecule is C=CCOc1c(Br)cc(CNc2cccc(C(=O)O)c2)cc1OC. The van der Waals surface area contributed by atoms with Gasteiger partial charge in [0.1, 0.15) is 6.61 Å². The van der Waals surface area contributed by atoms with Gasteiger partial charge in [-0.3, -0.25) is 0 Å². The van der Waals surface area contributed by atoms with Crippen molar-refractivity contribution in [1.29, 1.82) is 0 Å². The molecule has 0 unspecified atom stereocenters. The summed E-state index contributed by atoms with van der Waals surface area (Å²) in [5, 5.41) is 12.2. The van der Waals surface area contributed by atoms with Gasteiger partial charge in [0.05, 0.1) is 17.1 Å². The van der Waals surface area contributed by atoms with E-state index in [2.05, 4.69) is 27.8 Å². The molecule has 2 rings (SSSR count). The first kappa shape index (κ1) is 17.9. The number of anilines is 1. The summed E-state index contributed by atoms with van der Waals surface area (Å²) in [7, 11) is 1.58. The topological polar surface area (TPSA) is 67.8 Å². The Labute approximate surface area is 149 Å². The first-order valence-corrected chi connectivity index (χ1v) is 8.01. The maximum absolute atomic E-state index is 11.0. The highest BCUT2D eigenvalue weighted by atomic mass is 79.9. The summed E-state index contributed by atoms with van der Waals surface area (Å²) in [5.41, 5.74) is 1.94. The number of halogens is 1. The summed E-state index contributed by atoms with van der Waals surface area (Å²) < 4.78 is 11.7. The number of carboxylic acid groups (broad SMARTS) is 1. The molecule has 5 nitrogen and oxygen atoms in total. The summed E-state index contributed by atoms with van der Waals surface area (Å²) in [6.07, 6.45) is 1.66. The van der Waals surface area contributed by atoms with Crippen molar-refractivity contribution in [3.63, 3.8) is 0 Å². The van der Waals surface area contributed by atoms with Gasteiger partial charge in [0, 0.05) is 12.2 Å². The first-order chi connectivity index (χ1) is 11.5. The molecule has 2 N–H and O–H groups in total. The molecular weight excluding hydrogens is 374 g/mol. The number of rotatable bonds is 8. The van der Waals surface area contributed by atoms with Crippen molar-refractivity contribution >= 4 is 27.6 Å². The van der Waals surface area contributed by atoms with Crippen molar-refractivity contribution in [3.8, 4) is 11.5 Å². The standard InChI is InChI=1S/C18H18BrNO4/c1-3-7-24-17-15(19)8-12(9-16(17)23-2)11-20-14-6-4-5-13(10-14)18(21)22/h3-6,8-10,20H,1,7,11H2,2H3,(H,21,22). The third-order valence-electron chi connectivity index (χ3n) is 3.24. The Kier molecular flexibility index (Phi) is 6.26. The number of ether oxygens (including phenoxy) is 2. The molecule has 0 aliphatic heterocycles. The molecule has 0 heterocycles. The first-order valence-electron chi connectivity index (χ1n) is 7.22. The van der Waals surface area contributed by atoms with Gasteiger partial charge in [-0.15, -0.1) is 0 Å². The monoisotopic (exact) mass is 391 g/mol. The molecule has 0 aromatic heterocycles. The Morgan fingerprint density at radius 2 is 2.17 bits per heavy atom. The molecule has 2 aromatic rings. The van der Waals surface area contributed by atoms with E-state index in [-0.39, 0.29) is 5.56 Å². The van der Waals surface area contributed by atoms with Crippen LogP contribution in [-0.4, -0.2) is 24.8 Å². The van der Waals surface area contributed by atoms with Gasteiger partial charge in [-0.25, -0.2) is 4.79 Å². The number of aromatic carboxylic acids is 1. The lowest BCUT2D eigenvalue weighted by molar-refractivity contribution is 0.0697. The minimum Gasteiger partial charge on any atom is -0.493 e. The number of nitrogens with one attached hydrogen (secondary N) is 1. The molecule has 0 aliphatic carbocycles. The molecule has 0 aliphatic rings. The minimum absolute atomic E-state index is 0.243. The van der Waals surface area contributed by atoms with Crippen molar-refractivity contribution in [3.05, 3.63) is 64.7 Å². The van der Waals surface area contributed by atoms with Crippen LogP contribution in [0.2, 0.25) is 0 Å². The van der Waals surface area contributed by atoms with Crippen LogP contribution >= 0.6 is 15.9 Å². The lowest BCUT2D eigenvalue weighted by atomic mass is 10.1. The van der Waals surface area contributed by atoms with Crippen LogP contribution in [0.3, 0.4) is 0 Å². The van der Waals surface area contributed by atoms with Crippen LogP contribution in [0, 0.1) is 0 Å². The number of benzene rings is 2. The Morgan fingerprint density at radius 3 is 2.83 bits per heavy atom. The molecule has 24 heavy (non-hydrogen) atoms. The molecule has 0 saturated heterocycles. The molecule has 0 fully saturated rings. The van der Waals surface area contributed by atoms with Crippen LogP contribution in [0.5, 0.6) is 11.5 Å². The third kappa shape index (κ3) is 4.52. The summed E-state index contributed by atoms with van der Waals surface area (Å²) in [4.78, 5) is 11.0. The zero-order valence-electron chi connectivity index (χ0n) is 13.2. The zero-order valence-corrected chi connectivity index (χ0v) is 14.8. The average molecular weight is 392 g/mol. The highest BCUT2D eigenvalue weighted by molar-refractivity contribution is 9.10. The molecule has 0 bridgehead atoms. The van der Waals surface area contributed by atoms with Crippen molar-refractivity contribution in [2.24, 2.45) is 0 Å². The summed E-state index contributed by atoms with van der Waals surface area (Å²) in [6.45, 7) is 4.53. The zero-order chi connectivity index (χ0) is 17.5. The highest BCUT2D eigenvalue weighted by Crippen LogP contribution is 2.36. The Hall–Kier alpha value is -2.47. The van der Waals surface area contributed by atoms with Crippen LogP contribution < -0.4 is 14.8 Å². The molecule has 126 valence electrons. The number of carboxylic acids is 1. The van der Waals surface area contributed by atoms with Crippen LogP contribution in [0.15, 0.2) is 53.5 Å². The van der Waals surface area contributed by atoms with Gasteiger partial charge in [0.15, 0.2) is 11.5 Å². The van der Waals surface area contributed by atoms with Gasteiger partial charge in [0.25, 0.3) is 0 Å². The highest BCUT2D eigenvalue weighted by Gasteiger charge is 2.11. The lowest BCUT2D eigenvalue weighted by Crippen LogP contribution is -2.03. The molecule has 0 spiro atoms. The third-order valence-corrected chi connectivity index (χ3v) is 3.83. The van der Waals surface area contributed by atoms with E-state index in [0.717, 1.165) is 15.7 Å². The number of methoxy groups -OCH3 is 1.